The molecule has 3 aromatic rings. The number of rotatable bonds is 6. The molecular weight excluding hydrogens is 366 g/mol. The summed E-state index contributed by atoms with van der Waals surface area (Å²) in [5.74, 6) is 1.46. The summed E-state index contributed by atoms with van der Waals surface area (Å²) in [4.78, 5) is 12.5. The van der Waals surface area contributed by atoms with E-state index in [1.54, 1.807) is 24.3 Å². The van der Waals surface area contributed by atoms with Crippen LogP contribution in [0.15, 0.2) is 65.2 Å². The predicted molar refractivity (Wildman–Crippen MR) is 111 cm³/mol. The zero-order valence-electron chi connectivity index (χ0n) is 16.2. The van der Waals surface area contributed by atoms with Gasteiger partial charge in [-0.15, -0.1) is 0 Å². The molecule has 1 aromatic heterocycles. The smallest absolute Gasteiger partial charge is 0.224 e. The van der Waals surface area contributed by atoms with Crippen molar-refractivity contribution in [3.05, 3.63) is 66.4 Å². The fourth-order valence-electron chi connectivity index (χ4n) is 3.93. The maximum Gasteiger partial charge on any atom is 0.224 e. The first-order valence-electron chi connectivity index (χ1n) is 9.98. The topological polar surface area (TPSA) is 87.4 Å². The number of aromatic nitrogens is 1. The van der Waals surface area contributed by atoms with Crippen molar-refractivity contribution in [2.24, 2.45) is 11.8 Å². The summed E-state index contributed by atoms with van der Waals surface area (Å²) in [5, 5.41) is 20.1. The molecule has 2 aromatic carbocycles. The highest BCUT2D eigenvalue weighted by molar-refractivity contribution is 5.91. The van der Waals surface area contributed by atoms with E-state index in [-0.39, 0.29) is 17.6 Å². The largest absolute Gasteiger partial charge is 0.508 e. The van der Waals surface area contributed by atoms with E-state index in [9.17, 15) is 9.90 Å². The Balaban J connectivity index is 1.39. The summed E-state index contributed by atoms with van der Waals surface area (Å²) in [6.07, 6.45) is 2.17. The lowest BCUT2D eigenvalue weighted by molar-refractivity contribution is -0.117. The van der Waals surface area contributed by atoms with E-state index in [1.165, 1.54) is 0 Å². The number of carbonyl (C=O) groups is 1. The van der Waals surface area contributed by atoms with Crippen molar-refractivity contribution < 1.29 is 14.4 Å². The van der Waals surface area contributed by atoms with E-state index in [0.29, 0.717) is 18.0 Å². The van der Waals surface area contributed by atoms with Gasteiger partial charge in [0.15, 0.2) is 5.76 Å². The molecule has 1 fully saturated rings. The number of benzene rings is 2. The van der Waals surface area contributed by atoms with Crippen molar-refractivity contribution >= 4 is 11.6 Å². The summed E-state index contributed by atoms with van der Waals surface area (Å²) >= 11 is 0. The molecule has 1 aliphatic heterocycles. The molecule has 0 unspecified atom stereocenters. The highest BCUT2D eigenvalue weighted by Crippen LogP contribution is 2.28. The zero-order valence-corrected chi connectivity index (χ0v) is 16.2. The van der Waals surface area contributed by atoms with E-state index in [1.807, 2.05) is 36.4 Å². The van der Waals surface area contributed by atoms with E-state index in [2.05, 4.69) is 15.8 Å². The van der Waals surface area contributed by atoms with Gasteiger partial charge in [-0.05, 0) is 49.9 Å². The average molecular weight is 391 g/mol. The molecule has 2 heterocycles. The third kappa shape index (κ3) is 5.03. The second-order valence-electron chi connectivity index (χ2n) is 7.57. The Morgan fingerprint density at radius 3 is 2.83 bits per heavy atom. The van der Waals surface area contributed by atoms with Gasteiger partial charge in [0.1, 0.15) is 5.75 Å². The molecule has 0 aliphatic carbocycles. The summed E-state index contributed by atoms with van der Waals surface area (Å²) in [5.41, 5.74) is 2.54. The number of phenolic OH excluding ortho intramolecular Hbond substituents is 1. The first-order chi connectivity index (χ1) is 14.2. The van der Waals surface area contributed by atoms with Gasteiger partial charge in [-0.3, -0.25) is 4.79 Å². The first-order valence-corrected chi connectivity index (χ1v) is 9.98. The summed E-state index contributed by atoms with van der Waals surface area (Å²) in [6.45, 7) is 1.77. The van der Waals surface area contributed by atoms with Gasteiger partial charge in [0.05, 0.1) is 5.69 Å². The van der Waals surface area contributed by atoms with Crippen LogP contribution in [0, 0.1) is 11.8 Å². The van der Waals surface area contributed by atoms with Crippen LogP contribution in [0.5, 0.6) is 5.75 Å². The summed E-state index contributed by atoms with van der Waals surface area (Å²) in [6, 6.07) is 18.5. The SMILES string of the molecule is O=C(C[C@@H]1CCNC[C@@H]1Cc1cc(-c2ccccc2)on1)Nc1cccc(O)c1. The van der Waals surface area contributed by atoms with E-state index in [0.717, 1.165) is 42.9 Å². The fraction of sp³-hybridized carbons (Fsp3) is 0.304. The molecule has 1 amide bonds. The molecule has 3 N–H and O–H groups in total. The highest BCUT2D eigenvalue weighted by atomic mass is 16.5. The van der Waals surface area contributed by atoms with Crippen molar-refractivity contribution in [3.63, 3.8) is 0 Å². The molecule has 0 radical (unpaired) electrons. The molecule has 6 nitrogen and oxygen atoms in total. The van der Waals surface area contributed by atoms with Crippen molar-refractivity contribution in [1.29, 1.82) is 0 Å². The Kier molecular flexibility index (Phi) is 5.91. The van der Waals surface area contributed by atoms with Gasteiger partial charge >= 0.3 is 0 Å². The lowest BCUT2D eigenvalue weighted by Gasteiger charge is -2.31. The predicted octanol–water partition coefficient (Wildman–Crippen LogP) is 3.84. The number of anilines is 1. The Hall–Kier alpha value is -3.12. The first kappa shape index (κ1) is 19.2. The van der Waals surface area contributed by atoms with Gasteiger partial charge in [-0.25, -0.2) is 0 Å². The molecule has 1 saturated heterocycles. The van der Waals surface area contributed by atoms with E-state index < -0.39 is 0 Å². The normalized spacial score (nSPS) is 19.0. The standard InChI is InChI=1S/C23H25N3O3/c27-21-8-4-7-19(13-21)25-23(28)12-17-9-10-24-15-18(17)11-20-14-22(29-26-20)16-5-2-1-3-6-16/h1-8,13-14,17-18,24,27H,9-12,15H2,(H,25,28)/t17-,18-/m0/s1. The van der Waals surface area contributed by atoms with Gasteiger partial charge in [-0.1, -0.05) is 41.6 Å². The van der Waals surface area contributed by atoms with Gasteiger partial charge in [0.25, 0.3) is 0 Å². The monoisotopic (exact) mass is 391 g/mol. The third-order valence-electron chi connectivity index (χ3n) is 5.43. The van der Waals surface area contributed by atoms with Crippen LogP contribution in [-0.4, -0.2) is 29.3 Å². The molecule has 0 bridgehead atoms. The number of nitrogens with one attached hydrogen (secondary N) is 2. The Bertz CT molecular complexity index is 955. The van der Waals surface area contributed by atoms with Crippen molar-refractivity contribution in [1.82, 2.24) is 10.5 Å². The van der Waals surface area contributed by atoms with Gasteiger partial charge < -0.3 is 20.3 Å². The molecule has 6 heteroatoms. The number of phenols is 1. The number of nitrogens with zero attached hydrogens (tertiary/aromatic N) is 1. The van der Waals surface area contributed by atoms with Crippen LogP contribution in [0.1, 0.15) is 18.5 Å². The number of hydrogen-bond acceptors (Lipinski definition) is 5. The maximum absolute atomic E-state index is 12.5. The maximum atomic E-state index is 12.5. The molecule has 0 saturated carbocycles. The lowest BCUT2D eigenvalue weighted by atomic mass is 9.81. The van der Waals surface area contributed by atoms with Gasteiger partial charge in [0, 0.05) is 29.8 Å². The Morgan fingerprint density at radius 2 is 2.00 bits per heavy atom. The number of amides is 1. The van der Waals surface area contributed by atoms with Crippen LogP contribution in [0.25, 0.3) is 11.3 Å². The highest BCUT2D eigenvalue weighted by Gasteiger charge is 2.28. The molecule has 2 atom stereocenters. The molecule has 150 valence electrons. The molecular formula is C23H25N3O3. The van der Waals surface area contributed by atoms with Crippen LogP contribution in [-0.2, 0) is 11.2 Å². The van der Waals surface area contributed by atoms with E-state index in [4.69, 9.17) is 4.52 Å². The minimum absolute atomic E-state index is 0.0300. The summed E-state index contributed by atoms with van der Waals surface area (Å²) < 4.78 is 5.53. The summed E-state index contributed by atoms with van der Waals surface area (Å²) in [7, 11) is 0. The lowest BCUT2D eigenvalue weighted by Crippen LogP contribution is -2.39. The minimum atomic E-state index is -0.0300. The molecule has 29 heavy (non-hydrogen) atoms. The number of piperidine rings is 1. The van der Waals surface area contributed by atoms with Crippen LogP contribution < -0.4 is 10.6 Å². The zero-order chi connectivity index (χ0) is 20.1. The minimum Gasteiger partial charge on any atom is -0.508 e. The van der Waals surface area contributed by atoms with Crippen LogP contribution in [0.3, 0.4) is 0 Å². The average Bonchev–Trinajstić information content (AvgIpc) is 3.19. The van der Waals surface area contributed by atoms with Crippen LogP contribution in [0.4, 0.5) is 5.69 Å². The van der Waals surface area contributed by atoms with Crippen molar-refractivity contribution in [2.45, 2.75) is 19.3 Å². The number of carbonyl (C=O) groups excluding carboxylic acids is 1. The number of hydrogen-bond donors (Lipinski definition) is 3. The van der Waals surface area contributed by atoms with Crippen LogP contribution in [0.2, 0.25) is 0 Å². The van der Waals surface area contributed by atoms with Gasteiger partial charge in [0.2, 0.25) is 5.91 Å². The second kappa shape index (κ2) is 8.92. The third-order valence-corrected chi connectivity index (χ3v) is 5.43. The quantitative estimate of drug-likeness (QED) is 0.594. The van der Waals surface area contributed by atoms with Crippen LogP contribution >= 0.6 is 0 Å². The van der Waals surface area contributed by atoms with Crippen molar-refractivity contribution in [3.8, 4) is 17.1 Å². The number of aromatic hydroxyl groups is 1. The van der Waals surface area contributed by atoms with Crippen molar-refractivity contribution in [2.75, 3.05) is 18.4 Å². The molecule has 4 rings (SSSR count). The molecule has 0 spiro atoms. The Labute approximate surface area is 169 Å². The fourth-order valence-corrected chi connectivity index (χ4v) is 3.93. The second-order valence-corrected chi connectivity index (χ2v) is 7.57. The van der Waals surface area contributed by atoms with E-state index >= 15 is 0 Å². The molecule has 1 aliphatic rings. The Morgan fingerprint density at radius 1 is 1.14 bits per heavy atom. The van der Waals surface area contributed by atoms with Gasteiger partial charge in [-0.2, -0.15) is 0 Å².